The van der Waals surface area contributed by atoms with Crippen molar-refractivity contribution in [1.82, 2.24) is 24.9 Å². The van der Waals surface area contributed by atoms with Crippen LogP contribution in [-0.2, 0) is 0 Å². The monoisotopic (exact) mass is 435 g/mol. The highest BCUT2D eigenvalue weighted by molar-refractivity contribution is 7.99. The largest absolute Gasteiger partial charge is 0.497 e. The van der Waals surface area contributed by atoms with Crippen LogP contribution < -0.4 is 4.74 Å². The molecule has 0 aliphatic heterocycles. The molecular formula is C23H25N5O2S. The van der Waals surface area contributed by atoms with E-state index < -0.39 is 0 Å². The van der Waals surface area contributed by atoms with Gasteiger partial charge in [-0.15, -0.1) is 10.2 Å². The Kier molecular flexibility index (Phi) is 6.08. The zero-order valence-corrected chi connectivity index (χ0v) is 19.1. The molecular weight excluding hydrogens is 410 g/mol. The Bertz CT molecular complexity index is 1150. The fraction of sp³-hybridized carbons (Fsp3) is 0.304. The van der Waals surface area contributed by atoms with Crippen molar-refractivity contribution in [3.8, 4) is 22.8 Å². The molecule has 8 heteroatoms. The highest BCUT2D eigenvalue weighted by atomic mass is 32.2. The van der Waals surface area contributed by atoms with Gasteiger partial charge in [-0.3, -0.25) is 4.57 Å². The lowest BCUT2D eigenvalue weighted by molar-refractivity contribution is 0.373. The molecule has 4 rings (SSSR count). The molecule has 160 valence electrons. The standard InChI is InChI=1S/C23H25N5O2S/c1-14(2)20-24-22(30-27-20)16(4)31-23-26-25-21(17-8-12-19(29-5)13-9-17)28(23)18-10-6-15(3)7-11-18/h6-14,16H,1-5H3. The van der Waals surface area contributed by atoms with E-state index in [4.69, 9.17) is 9.26 Å². The Labute approximate surface area is 185 Å². The summed E-state index contributed by atoms with van der Waals surface area (Å²) in [5, 5.41) is 13.8. The van der Waals surface area contributed by atoms with Gasteiger partial charge in [0.25, 0.3) is 0 Å². The maximum absolute atomic E-state index is 5.48. The van der Waals surface area contributed by atoms with Gasteiger partial charge in [-0.1, -0.05) is 48.5 Å². The van der Waals surface area contributed by atoms with Crippen LogP contribution in [0, 0.1) is 6.92 Å². The third-order valence-corrected chi connectivity index (χ3v) is 5.91. The van der Waals surface area contributed by atoms with Gasteiger partial charge in [0.2, 0.25) is 5.89 Å². The topological polar surface area (TPSA) is 78.9 Å². The molecule has 1 unspecified atom stereocenters. The van der Waals surface area contributed by atoms with E-state index >= 15 is 0 Å². The molecule has 0 radical (unpaired) electrons. The molecule has 0 spiro atoms. The summed E-state index contributed by atoms with van der Waals surface area (Å²) in [6.45, 7) is 8.19. The third-order valence-electron chi connectivity index (χ3n) is 4.88. The van der Waals surface area contributed by atoms with E-state index in [2.05, 4.69) is 56.1 Å². The van der Waals surface area contributed by atoms with Crippen molar-refractivity contribution in [1.29, 1.82) is 0 Å². The van der Waals surface area contributed by atoms with Gasteiger partial charge in [0.1, 0.15) is 5.75 Å². The van der Waals surface area contributed by atoms with Crippen molar-refractivity contribution < 1.29 is 9.26 Å². The fourth-order valence-corrected chi connectivity index (χ4v) is 3.95. The average molecular weight is 436 g/mol. The van der Waals surface area contributed by atoms with Crippen LogP contribution in [-0.4, -0.2) is 32.0 Å². The van der Waals surface area contributed by atoms with Crippen LogP contribution in [0.4, 0.5) is 0 Å². The van der Waals surface area contributed by atoms with Crippen molar-refractivity contribution in [3.63, 3.8) is 0 Å². The lowest BCUT2D eigenvalue weighted by Gasteiger charge is -2.12. The molecule has 2 aromatic carbocycles. The number of methoxy groups -OCH3 is 1. The quantitative estimate of drug-likeness (QED) is 0.349. The molecule has 0 bridgehead atoms. The second-order valence-corrected chi connectivity index (χ2v) is 8.92. The maximum Gasteiger partial charge on any atom is 0.239 e. The van der Waals surface area contributed by atoms with E-state index in [-0.39, 0.29) is 11.2 Å². The molecule has 7 nitrogen and oxygen atoms in total. The van der Waals surface area contributed by atoms with Crippen LogP contribution in [0.15, 0.2) is 58.2 Å². The molecule has 31 heavy (non-hydrogen) atoms. The third kappa shape index (κ3) is 4.49. The zero-order chi connectivity index (χ0) is 22.0. The van der Waals surface area contributed by atoms with Gasteiger partial charge in [-0.2, -0.15) is 4.98 Å². The molecule has 1 atom stereocenters. The maximum atomic E-state index is 5.48. The predicted octanol–water partition coefficient (Wildman–Crippen LogP) is 5.61. The molecule has 0 amide bonds. The number of ether oxygens (including phenoxy) is 1. The SMILES string of the molecule is COc1ccc(-c2nnc(SC(C)c3nc(C(C)C)no3)n2-c2ccc(C)cc2)cc1. The van der Waals surface area contributed by atoms with Crippen molar-refractivity contribution in [3.05, 3.63) is 65.8 Å². The Balaban J connectivity index is 1.72. The number of hydrogen-bond acceptors (Lipinski definition) is 7. The number of nitrogens with zero attached hydrogens (tertiary/aromatic N) is 5. The number of thioether (sulfide) groups is 1. The van der Waals surface area contributed by atoms with Gasteiger partial charge in [0, 0.05) is 17.2 Å². The van der Waals surface area contributed by atoms with Gasteiger partial charge in [-0.05, 0) is 50.2 Å². The lowest BCUT2D eigenvalue weighted by atomic mass is 10.2. The molecule has 2 heterocycles. The number of benzene rings is 2. The van der Waals surface area contributed by atoms with E-state index in [1.54, 1.807) is 7.11 Å². The van der Waals surface area contributed by atoms with Gasteiger partial charge >= 0.3 is 0 Å². The van der Waals surface area contributed by atoms with E-state index in [0.717, 1.165) is 28.0 Å². The minimum absolute atomic E-state index is 0.0721. The van der Waals surface area contributed by atoms with Crippen LogP contribution in [0.5, 0.6) is 5.75 Å². The first kappa shape index (κ1) is 21.1. The first-order chi connectivity index (χ1) is 15.0. The first-order valence-corrected chi connectivity index (χ1v) is 11.0. The second-order valence-electron chi connectivity index (χ2n) is 7.61. The van der Waals surface area contributed by atoms with Crippen molar-refractivity contribution in [2.24, 2.45) is 0 Å². The van der Waals surface area contributed by atoms with Gasteiger partial charge < -0.3 is 9.26 Å². The van der Waals surface area contributed by atoms with E-state index in [0.29, 0.717) is 11.7 Å². The molecule has 0 saturated carbocycles. The molecule has 2 aromatic heterocycles. The summed E-state index contributed by atoms with van der Waals surface area (Å²) in [4.78, 5) is 4.53. The summed E-state index contributed by atoms with van der Waals surface area (Å²) in [7, 11) is 1.65. The molecule has 0 fully saturated rings. The van der Waals surface area contributed by atoms with E-state index in [1.165, 1.54) is 17.3 Å². The number of aromatic nitrogens is 5. The average Bonchev–Trinajstić information content (AvgIpc) is 3.42. The highest BCUT2D eigenvalue weighted by Gasteiger charge is 2.23. The predicted molar refractivity (Wildman–Crippen MR) is 121 cm³/mol. The van der Waals surface area contributed by atoms with E-state index in [9.17, 15) is 0 Å². The minimum atomic E-state index is -0.0721. The van der Waals surface area contributed by atoms with Gasteiger partial charge in [-0.25, -0.2) is 0 Å². The summed E-state index contributed by atoms with van der Waals surface area (Å²) < 4.78 is 12.8. The number of rotatable bonds is 7. The van der Waals surface area contributed by atoms with Crippen LogP contribution in [0.3, 0.4) is 0 Å². The van der Waals surface area contributed by atoms with Crippen molar-refractivity contribution >= 4 is 11.8 Å². The van der Waals surface area contributed by atoms with Crippen molar-refractivity contribution in [2.75, 3.05) is 7.11 Å². The Morgan fingerprint density at radius 1 is 0.968 bits per heavy atom. The zero-order valence-electron chi connectivity index (χ0n) is 18.2. The summed E-state index contributed by atoms with van der Waals surface area (Å²) in [5.74, 6) is 3.06. The molecule has 0 aliphatic rings. The normalized spacial score (nSPS) is 12.3. The lowest BCUT2D eigenvalue weighted by Crippen LogP contribution is -2.01. The first-order valence-electron chi connectivity index (χ1n) is 10.1. The molecule has 4 aromatic rings. The summed E-state index contributed by atoms with van der Waals surface area (Å²) in [5.41, 5.74) is 3.13. The molecule has 0 N–H and O–H groups in total. The van der Waals surface area contributed by atoms with Crippen LogP contribution in [0.2, 0.25) is 0 Å². The highest BCUT2D eigenvalue weighted by Crippen LogP contribution is 2.37. The van der Waals surface area contributed by atoms with Gasteiger partial charge in [0.15, 0.2) is 16.8 Å². The fourth-order valence-electron chi connectivity index (χ4n) is 3.06. The Morgan fingerprint density at radius 2 is 1.68 bits per heavy atom. The Morgan fingerprint density at radius 3 is 2.29 bits per heavy atom. The number of hydrogen-bond donors (Lipinski definition) is 0. The van der Waals surface area contributed by atoms with E-state index in [1.807, 2.05) is 45.0 Å². The van der Waals surface area contributed by atoms with Crippen LogP contribution >= 0.6 is 11.8 Å². The molecule has 0 saturated heterocycles. The summed E-state index contributed by atoms with van der Waals surface area (Å²) in [6.07, 6.45) is 0. The molecule has 0 aliphatic carbocycles. The number of aryl methyl sites for hydroxylation is 1. The minimum Gasteiger partial charge on any atom is -0.497 e. The Hall–Kier alpha value is -3.13. The smallest absolute Gasteiger partial charge is 0.239 e. The summed E-state index contributed by atoms with van der Waals surface area (Å²) in [6, 6.07) is 16.1. The van der Waals surface area contributed by atoms with Gasteiger partial charge in [0.05, 0.1) is 12.4 Å². The van der Waals surface area contributed by atoms with Crippen LogP contribution in [0.25, 0.3) is 17.1 Å². The van der Waals surface area contributed by atoms with Crippen LogP contribution in [0.1, 0.15) is 49.2 Å². The second kappa shape index (κ2) is 8.93. The summed E-state index contributed by atoms with van der Waals surface area (Å²) >= 11 is 1.54. The van der Waals surface area contributed by atoms with Crippen molar-refractivity contribution in [2.45, 2.75) is 44.0 Å².